The quantitative estimate of drug-likeness (QED) is 0.769. The largest absolute Gasteiger partial charge is 0.465 e. The molecule has 1 amide bonds. The first-order valence-electron chi connectivity index (χ1n) is 6.10. The number of carbonyl (C=O) groups excluding carboxylic acids is 1. The maximum Gasteiger partial charge on any atom is 0.407 e. The van der Waals surface area contributed by atoms with Crippen molar-refractivity contribution >= 4 is 11.9 Å². The maximum atomic E-state index is 11.9. The summed E-state index contributed by atoms with van der Waals surface area (Å²) < 4.78 is 0. The van der Waals surface area contributed by atoms with Crippen molar-refractivity contribution in [2.75, 3.05) is 6.54 Å². The fraction of sp³-hybridized carbons (Fsp3) is 0.818. The topological polar surface area (TPSA) is 94.5 Å². The SMILES string of the molecule is CC1(C)OOC(C(=O)C[C@@H]2CCCN2C(=O)O)OO1. The highest BCUT2D eigenvalue weighted by Gasteiger charge is 2.38. The molecule has 0 saturated carbocycles. The first-order valence-corrected chi connectivity index (χ1v) is 6.10. The van der Waals surface area contributed by atoms with Crippen LogP contribution in [0.25, 0.3) is 0 Å². The van der Waals surface area contributed by atoms with Crippen LogP contribution in [0.4, 0.5) is 4.79 Å². The third-order valence-corrected chi connectivity index (χ3v) is 2.99. The van der Waals surface area contributed by atoms with E-state index >= 15 is 0 Å². The highest BCUT2D eigenvalue weighted by molar-refractivity contribution is 5.83. The zero-order valence-electron chi connectivity index (χ0n) is 10.8. The van der Waals surface area contributed by atoms with E-state index in [0.29, 0.717) is 13.0 Å². The monoisotopic (exact) mass is 275 g/mol. The summed E-state index contributed by atoms with van der Waals surface area (Å²) >= 11 is 0. The standard InChI is InChI=1S/C11H17NO7/c1-11(2)18-16-9(17-19-11)8(13)6-7-4-3-5-12(7)10(14)15/h7,9H,3-6H2,1-2H3,(H,14,15)/t7-/m0/s1. The van der Waals surface area contributed by atoms with Gasteiger partial charge in [-0.25, -0.2) is 4.79 Å². The van der Waals surface area contributed by atoms with E-state index in [-0.39, 0.29) is 12.5 Å². The van der Waals surface area contributed by atoms with Gasteiger partial charge in [0, 0.05) is 19.0 Å². The van der Waals surface area contributed by atoms with Crippen LogP contribution in [0.3, 0.4) is 0 Å². The Morgan fingerprint density at radius 2 is 1.95 bits per heavy atom. The molecule has 2 aliphatic heterocycles. The average molecular weight is 275 g/mol. The van der Waals surface area contributed by atoms with Crippen LogP contribution < -0.4 is 0 Å². The summed E-state index contributed by atoms with van der Waals surface area (Å²) in [5.74, 6) is -1.48. The first-order chi connectivity index (χ1) is 8.89. The summed E-state index contributed by atoms with van der Waals surface area (Å²) in [6.45, 7) is 3.58. The highest BCUT2D eigenvalue weighted by atomic mass is 17.4. The first kappa shape index (κ1) is 14.2. The Morgan fingerprint density at radius 3 is 2.53 bits per heavy atom. The summed E-state index contributed by atoms with van der Waals surface area (Å²) in [6, 6.07) is -0.341. The summed E-state index contributed by atoms with van der Waals surface area (Å²) in [7, 11) is 0. The van der Waals surface area contributed by atoms with E-state index in [1.54, 1.807) is 13.8 Å². The summed E-state index contributed by atoms with van der Waals surface area (Å²) in [6.07, 6.45) is -0.877. The van der Waals surface area contributed by atoms with Gasteiger partial charge in [0.15, 0.2) is 5.78 Å². The Kier molecular flexibility index (Phi) is 4.04. The Hall–Kier alpha value is -1.22. The van der Waals surface area contributed by atoms with Crippen LogP contribution in [0.2, 0.25) is 0 Å². The molecule has 1 atom stereocenters. The fourth-order valence-corrected chi connectivity index (χ4v) is 2.08. The molecule has 0 aromatic carbocycles. The van der Waals surface area contributed by atoms with Crippen molar-refractivity contribution in [2.24, 2.45) is 0 Å². The second kappa shape index (κ2) is 5.41. The van der Waals surface area contributed by atoms with Crippen LogP contribution in [0.15, 0.2) is 0 Å². The van der Waals surface area contributed by atoms with E-state index in [4.69, 9.17) is 24.7 Å². The zero-order valence-corrected chi connectivity index (χ0v) is 10.8. The van der Waals surface area contributed by atoms with Crippen LogP contribution >= 0.6 is 0 Å². The second-order valence-electron chi connectivity index (χ2n) is 5.03. The van der Waals surface area contributed by atoms with Gasteiger partial charge in [-0.3, -0.25) is 4.79 Å². The molecule has 2 saturated heterocycles. The lowest BCUT2D eigenvalue weighted by Gasteiger charge is -2.31. The van der Waals surface area contributed by atoms with Gasteiger partial charge in [0.05, 0.1) is 0 Å². The molecule has 0 bridgehead atoms. The molecule has 2 heterocycles. The zero-order chi connectivity index (χ0) is 14.0. The molecular weight excluding hydrogens is 258 g/mol. The van der Waals surface area contributed by atoms with E-state index in [1.165, 1.54) is 4.90 Å². The molecule has 0 aliphatic carbocycles. The molecule has 2 rings (SSSR count). The Balaban J connectivity index is 1.86. The molecular formula is C11H17NO7. The number of nitrogens with zero attached hydrogens (tertiary/aromatic N) is 1. The van der Waals surface area contributed by atoms with Gasteiger partial charge in [-0.15, -0.1) is 0 Å². The molecule has 1 N–H and O–H groups in total. The average Bonchev–Trinajstić information content (AvgIpc) is 2.77. The fourth-order valence-electron chi connectivity index (χ4n) is 2.08. The smallest absolute Gasteiger partial charge is 0.407 e. The molecule has 8 heteroatoms. The minimum Gasteiger partial charge on any atom is -0.465 e. The van der Waals surface area contributed by atoms with Gasteiger partial charge in [0.1, 0.15) is 0 Å². The van der Waals surface area contributed by atoms with Crippen molar-refractivity contribution in [3.63, 3.8) is 0 Å². The minimum atomic E-state index is -1.27. The lowest BCUT2D eigenvalue weighted by atomic mass is 10.1. The number of carbonyl (C=O) groups is 2. The molecule has 108 valence electrons. The van der Waals surface area contributed by atoms with Gasteiger partial charge in [-0.05, 0) is 26.7 Å². The van der Waals surface area contributed by atoms with Crippen LogP contribution in [-0.2, 0) is 24.3 Å². The number of likely N-dealkylation sites (tertiary alicyclic amines) is 1. The maximum absolute atomic E-state index is 11.9. The van der Waals surface area contributed by atoms with Crippen molar-refractivity contribution in [1.82, 2.24) is 4.90 Å². The highest BCUT2D eigenvalue weighted by Crippen LogP contribution is 2.25. The van der Waals surface area contributed by atoms with Gasteiger partial charge < -0.3 is 10.0 Å². The van der Waals surface area contributed by atoms with E-state index in [0.717, 1.165) is 6.42 Å². The molecule has 2 fully saturated rings. The van der Waals surface area contributed by atoms with Gasteiger partial charge in [-0.2, -0.15) is 19.6 Å². The summed E-state index contributed by atoms with van der Waals surface area (Å²) in [5, 5.41) is 8.98. The van der Waals surface area contributed by atoms with E-state index in [9.17, 15) is 9.59 Å². The van der Waals surface area contributed by atoms with Gasteiger partial charge in [-0.1, -0.05) is 0 Å². The van der Waals surface area contributed by atoms with Crippen molar-refractivity contribution in [2.45, 2.75) is 51.2 Å². The Bertz CT molecular complexity index is 360. The predicted molar refractivity (Wildman–Crippen MR) is 59.6 cm³/mol. The van der Waals surface area contributed by atoms with Crippen molar-refractivity contribution in [3.8, 4) is 0 Å². The summed E-state index contributed by atoms with van der Waals surface area (Å²) in [4.78, 5) is 43.4. The molecule has 2 aliphatic rings. The molecule has 19 heavy (non-hydrogen) atoms. The van der Waals surface area contributed by atoms with Crippen LogP contribution in [0, 0.1) is 0 Å². The Labute approximate surface area is 110 Å². The number of Topliss-reactive ketones (excluding diaryl/α,β-unsaturated/α-hetero) is 1. The number of ketones is 1. The summed E-state index contributed by atoms with van der Waals surface area (Å²) in [5.41, 5.74) is 0. The molecule has 8 nitrogen and oxygen atoms in total. The molecule has 0 radical (unpaired) electrons. The number of rotatable bonds is 3. The lowest BCUT2D eigenvalue weighted by Crippen LogP contribution is -2.44. The number of hydrogen-bond donors (Lipinski definition) is 1. The molecule has 0 aromatic rings. The third kappa shape index (κ3) is 3.41. The predicted octanol–water partition coefficient (Wildman–Crippen LogP) is 1.06. The lowest BCUT2D eigenvalue weighted by molar-refractivity contribution is -0.607. The Morgan fingerprint density at radius 1 is 1.32 bits per heavy atom. The van der Waals surface area contributed by atoms with Gasteiger partial charge >= 0.3 is 6.09 Å². The van der Waals surface area contributed by atoms with Crippen molar-refractivity contribution < 1.29 is 34.2 Å². The van der Waals surface area contributed by atoms with E-state index in [1.807, 2.05) is 0 Å². The van der Waals surface area contributed by atoms with E-state index < -0.39 is 24.0 Å². The van der Waals surface area contributed by atoms with Crippen LogP contribution in [0.5, 0.6) is 0 Å². The number of amides is 1. The number of carboxylic acid groups (broad SMARTS) is 1. The van der Waals surface area contributed by atoms with Gasteiger partial charge in [0.25, 0.3) is 6.29 Å². The molecule has 0 unspecified atom stereocenters. The minimum absolute atomic E-state index is 0.0180. The van der Waals surface area contributed by atoms with Gasteiger partial charge in [0.2, 0.25) is 5.79 Å². The second-order valence-corrected chi connectivity index (χ2v) is 5.03. The normalized spacial score (nSPS) is 27.5. The molecule has 0 aromatic heterocycles. The van der Waals surface area contributed by atoms with Crippen LogP contribution in [0.1, 0.15) is 33.1 Å². The van der Waals surface area contributed by atoms with Crippen molar-refractivity contribution in [3.05, 3.63) is 0 Å². The molecule has 0 spiro atoms. The third-order valence-electron chi connectivity index (χ3n) is 2.99. The van der Waals surface area contributed by atoms with E-state index in [2.05, 4.69) is 0 Å². The number of hydrogen-bond acceptors (Lipinski definition) is 6. The van der Waals surface area contributed by atoms with Crippen molar-refractivity contribution in [1.29, 1.82) is 0 Å². The van der Waals surface area contributed by atoms with Crippen LogP contribution in [-0.4, -0.2) is 46.5 Å².